The zero-order valence-corrected chi connectivity index (χ0v) is 35.0. The molecule has 0 rings (SSSR count). The largest absolute Gasteiger partial charge is 0.444 e. The summed E-state index contributed by atoms with van der Waals surface area (Å²) in [6.45, 7) is 11.2. The molecule has 0 radical (unpaired) electrons. The van der Waals surface area contributed by atoms with E-state index in [4.69, 9.17) is 10.5 Å². The van der Waals surface area contributed by atoms with Gasteiger partial charge in [-0.15, -0.1) is 0 Å². The number of nitrogens with one attached hydrogen (secondary N) is 2. The highest BCUT2D eigenvalue weighted by Gasteiger charge is 2.20. The lowest BCUT2D eigenvalue weighted by Gasteiger charge is -2.24. The smallest absolute Gasteiger partial charge is 0.407 e. The monoisotopic (exact) mass is 735 g/mol. The van der Waals surface area contributed by atoms with Crippen molar-refractivity contribution in [3.05, 3.63) is 12.2 Å². The van der Waals surface area contributed by atoms with Crippen molar-refractivity contribution in [2.24, 2.45) is 5.73 Å². The van der Waals surface area contributed by atoms with E-state index >= 15 is 0 Å². The van der Waals surface area contributed by atoms with E-state index in [9.17, 15) is 14.4 Å². The molecule has 0 aromatic heterocycles. The molecular formula is C44H86N4O4. The number of alkyl carbamates (subject to hydrolysis) is 1. The number of nitrogens with zero attached hydrogens (tertiary/aromatic N) is 1. The van der Waals surface area contributed by atoms with Gasteiger partial charge < -0.3 is 26.0 Å². The van der Waals surface area contributed by atoms with Gasteiger partial charge in [0.1, 0.15) is 11.6 Å². The fourth-order valence-corrected chi connectivity index (χ4v) is 6.41. The Balaban J connectivity index is 4.41. The summed E-state index contributed by atoms with van der Waals surface area (Å²) >= 11 is 0. The number of ether oxygens (including phenoxy) is 1. The van der Waals surface area contributed by atoms with Crippen molar-refractivity contribution in [2.45, 2.75) is 226 Å². The molecule has 8 heteroatoms. The zero-order valence-electron chi connectivity index (χ0n) is 35.0. The summed E-state index contributed by atoms with van der Waals surface area (Å²) in [5, 5.41) is 5.22. The topological polar surface area (TPSA) is 114 Å². The predicted molar refractivity (Wildman–Crippen MR) is 222 cm³/mol. The van der Waals surface area contributed by atoms with Gasteiger partial charge in [0, 0.05) is 19.6 Å². The Hall–Kier alpha value is -2.09. The fourth-order valence-electron chi connectivity index (χ4n) is 6.41. The van der Waals surface area contributed by atoms with Crippen molar-refractivity contribution < 1.29 is 19.1 Å². The minimum absolute atomic E-state index is 0.0623. The third kappa shape index (κ3) is 35.0. The molecule has 0 aliphatic carbocycles. The second-order valence-electron chi connectivity index (χ2n) is 16.1. The summed E-state index contributed by atoms with van der Waals surface area (Å²) in [6.07, 6.45) is 40.0. The van der Waals surface area contributed by atoms with Crippen molar-refractivity contribution in [1.29, 1.82) is 0 Å². The summed E-state index contributed by atoms with van der Waals surface area (Å²) in [7, 11) is 0. The highest BCUT2D eigenvalue weighted by molar-refractivity contribution is 5.87. The Morgan fingerprint density at radius 2 is 0.942 bits per heavy atom. The number of nitrogens with two attached hydrogens (primary N) is 1. The van der Waals surface area contributed by atoms with Crippen molar-refractivity contribution in [1.82, 2.24) is 15.5 Å². The molecule has 4 N–H and O–H groups in total. The minimum atomic E-state index is -0.963. The van der Waals surface area contributed by atoms with E-state index in [1.807, 2.05) is 4.90 Å². The van der Waals surface area contributed by atoms with E-state index in [1.165, 1.54) is 154 Å². The van der Waals surface area contributed by atoms with Crippen LogP contribution >= 0.6 is 0 Å². The van der Waals surface area contributed by atoms with Gasteiger partial charge in [0.2, 0.25) is 11.8 Å². The highest BCUT2D eigenvalue weighted by Crippen LogP contribution is 2.14. The van der Waals surface area contributed by atoms with Crippen molar-refractivity contribution in [3.63, 3.8) is 0 Å². The molecule has 0 heterocycles. The van der Waals surface area contributed by atoms with Crippen molar-refractivity contribution in [3.8, 4) is 0 Å². The number of allylic oxidation sites excluding steroid dienone is 2. The number of hydrogen-bond donors (Lipinski definition) is 3. The molecule has 0 aromatic carbocycles. The second-order valence-corrected chi connectivity index (χ2v) is 16.1. The molecule has 0 fully saturated rings. The van der Waals surface area contributed by atoms with Gasteiger partial charge in [0.05, 0.1) is 6.54 Å². The SMILES string of the molecule is CCCCCCCCC=CCCCCCCCCN(CCCCCCCCCCCCCCCC)C(=O)CNC(=O)C(N)CNC(=O)OC(C)(C)C. The Kier molecular flexibility index (Phi) is 34.5. The third-order valence-corrected chi connectivity index (χ3v) is 9.69. The quantitative estimate of drug-likeness (QED) is 0.0438. The number of rotatable bonds is 36. The van der Waals surface area contributed by atoms with Crippen LogP contribution in [0.15, 0.2) is 12.2 Å². The molecule has 0 saturated heterocycles. The van der Waals surface area contributed by atoms with Gasteiger partial charge in [-0.3, -0.25) is 9.59 Å². The molecule has 0 saturated carbocycles. The van der Waals surface area contributed by atoms with Crippen LogP contribution in [0.5, 0.6) is 0 Å². The number of unbranched alkanes of at least 4 members (excludes halogenated alkanes) is 25. The molecule has 0 bridgehead atoms. The maximum atomic E-state index is 13.2. The van der Waals surface area contributed by atoms with E-state index < -0.39 is 23.6 Å². The van der Waals surface area contributed by atoms with Crippen molar-refractivity contribution in [2.75, 3.05) is 26.2 Å². The summed E-state index contributed by atoms with van der Waals surface area (Å²) in [5.74, 6) is -0.527. The Labute approximate surface area is 322 Å². The first-order chi connectivity index (χ1) is 25.1. The zero-order chi connectivity index (χ0) is 38.5. The Morgan fingerprint density at radius 1 is 0.577 bits per heavy atom. The minimum Gasteiger partial charge on any atom is -0.444 e. The van der Waals surface area contributed by atoms with E-state index in [1.54, 1.807) is 20.8 Å². The van der Waals surface area contributed by atoms with Crippen LogP contribution in [0.4, 0.5) is 4.79 Å². The average Bonchev–Trinajstić information content (AvgIpc) is 3.10. The molecular weight excluding hydrogens is 649 g/mol. The Bertz CT molecular complexity index is 873. The predicted octanol–water partition coefficient (Wildman–Crippen LogP) is 11.3. The van der Waals surface area contributed by atoms with Gasteiger partial charge in [-0.1, -0.05) is 167 Å². The van der Waals surface area contributed by atoms with Crippen LogP contribution in [-0.4, -0.2) is 60.6 Å². The molecule has 306 valence electrons. The van der Waals surface area contributed by atoms with E-state index in [0.717, 1.165) is 38.8 Å². The van der Waals surface area contributed by atoms with Crippen molar-refractivity contribution >= 4 is 17.9 Å². The lowest BCUT2D eigenvalue weighted by molar-refractivity contribution is -0.133. The van der Waals surface area contributed by atoms with Crippen LogP contribution in [0.1, 0.15) is 214 Å². The third-order valence-electron chi connectivity index (χ3n) is 9.69. The summed E-state index contributed by atoms with van der Waals surface area (Å²) < 4.78 is 5.21. The van der Waals surface area contributed by atoms with Gasteiger partial charge in [0.25, 0.3) is 0 Å². The number of hydrogen-bond acceptors (Lipinski definition) is 5. The van der Waals surface area contributed by atoms with Gasteiger partial charge in [-0.2, -0.15) is 0 Å². The Morgan fingerprint density at radius 3 is 1.33 bits per heavy atom. The molecule has 52 heavy (non-hydrogen) atoms. The number of carbonyl (C=O) groups excluding carboxylic acids is 3. The summed E-state index contributed by atoms with van der Waals surface area (Å²) in [6, 6.07) is -0.963. The first-order valence-electron chi connectivity index (χ1n) is 22.0. The normalized spacial score (nSPS) is 12.3. The van der Waals surface area contributed by atoms with Crippen LogP contribution in [0.3, 0.4) is 0 Å². The molecule has 1 unspecified atom stereocenters. The molecule has 0 aliphatic rings. The maximum absolute atomic E-state index is 13.2. The van der Waals surface area contributed by atoms with Gasteiger partial charge in [-0.25, -0.2) is 4.79 Å². The summed E-state index contributed by atoms with van der Waals surface area (Å²) in [5.41, 5.74) is 5.34. The fraction of sp³-hybridized carbons (Fsp3) is 0.886. The molecule has 0 spiro atoms. The maximum Gasteiger partial charge on any atom is 0.407 e. The molecule has 0 aromatic rings. The van der Waals surface area contributed by atoms with E-state index in [0.29, 0.717) is 0 Å². The van der Waals surface area contributed by atoms with Crippen LogP contribution in [-0.2, 0) is 14.3 Å². The number of amides is 3. The van der Waals surface area contributed by atoms with Gasteiger partial charge in [-0.05, 0) is 59.3 Å². The van der Waals surface area contributed by atoms with Crippen LogP contribution < -0.4 is 16.4 Å². The molecule has 8 nitrogen and oxygen atoms in total. The van der Waals surface area contributed by atoms with Gasteiger partial charge in [0.15, 0.2) is 0 Å². The first kappa shape index (κ1) is 49.9. The summed E-state index contributed by atoms with van der Waals surface area (Å²) in [4.78, 5) is 39.7. The first-order valence-corrected chi connectivity index (χ1v) is 22.0. The second kappa shape index (κ2) is 35.9. The standard InChI is InChI=1S/C44H86N4O4/c1-6-8-10-12-14-16-18-20-22-23-25-27-29-31-33-35-37-48(36-34-32-30-28-26-24-21-19-17-15-13-11-9-7-2)41(49)39-46-42(50)40(45)38-47-43(51)52-44(3,4)5/h20,22,40H,6-19,21,23-39,45H2,1-5H3,(H,46,50)(H,47,51). The lowest BCUT2D eigenvalue weighted by Crippen LogP contribution is -2.51. The number of carbonyl (C=O) groups is 3. The van der Waals surface area contributed by atoms with E-state index in [2.05, 4.69) is 36.6 Å². The van der Waals surface area contributed by atoms with Crippen LogP contribution in [0, 0.1) is 0 Å². The molecule has 3 amide bonds. The lowest BCUT2D eigenvalue weighted by atomic mass is 10.0. The average molecular weight is 735 g/mol. The highest BCUT2D eigenvalue weighted by atomic mass is 16.6. The van der Waals surface area contributed by atoms with Gasteiger partial charge >= 0.3 is 6.09 Å². The molecule has 0 aliphatic heterocycles. The molecule has 1 atom stereocenters. The van der Waals surface area contributed by atoms with Crippen LogP contribution in [0.2, 0.25) is 0 Å². The van der Waals surface area contributed by atoms with Crippen LogP contribution in [0.25, 0.3) is 0 Å². The van der Waals surface area contributed by atoms with E-state index in [-0.39, 0.29) is 19.0 Å².